The highest BCUT2D eigenvalue weighted by Crippen LogP contribution is 2.22. The quantitative estimate of drug-likeness (QED) is 0.306. The standard InChI is InChI=1S/C21H44/c1-7-11-19(4)14-9-15-21(6)17-10-16-20(5)13-8-12-18(2)3/h18-21H,7-17H2,1-6H3. The Morgan fingerprint density at radius 2 is 0.810 bits per heavy atom. The zero-order chi connectivity index (χ0) is 16.1. The molecule has 0 rings (SSSR count). The summed E-state index contributed by atoms with van der Waals surface area (Å²) in [6.45, 7) is 14.3. The van der Waals surface area contributed by atoms with E-state index in [0.29, 0.717) is 0 Å². The molecule has 0 saturated heterocycles. The molecule has 0 amide bonds. The SMILES string of the molecule is CCCC(C)CCCC(C)CCCC(C)CCCC(C)C. The fraction of sp³-hybridized carbons (Fsp3) is 1.00. The monoisotopic (exact) mass is 296 g/mol. The Bertz CT molecular complexity index is 206. The minimum absolute atomic E-state index is 0.882. The molecule has 0 N–H and O–H groups in total. The van der Waals surface area contributed by atoms with Crippen molar-refractivity contribution in [2.75, 3.05) is 0 Å². The first-order valence-electron chi connectivity index (χ1n) is 9.95. The Morgan fingerprint density at radius 3 is 1.14 bits per heavy atom. The van der Waals surface area contributed by atoms with Gasteiger partial charge in [-0.3, -0.25) is 0 Å². The topological polar surface area (TPSA) is 0 Å². The molecular weight excluding hydrogens is 252 g/mol. The molecule has 0 aromatic rings. The van der Waals surface area contributed by atoms with Crippen LogP contribution >= 0.6 is 0 Å². The van der Waals surface area contributed by atoms with Crippen molar-refractivity contribution in [2.24, 2.45) is 23.7 Å². The second-order valence-electron chi connectivity index (χ2n) is 8.29. The van der Waals surface area contributed by atoms with Crippen molar-refractivity contribution in [3.05, 3.63) is 0 Å². The van der Waals surface area contributed by atoms with E-state index < -0.39 is 0 Å². The maximum Gasteiger partial charge on any atom is -0.0443 e. The Kier molecular flexibility index (Phi) is 13.6. The van der Waals surface area contributed by atoms with Gasteiger partial charge in [0.2, 0.25) is 0 Å². The molecule has 0 fully saturated rings. The van der Waals surface area contributed by atoms with E-state index in [-0.39, 0.29) is 0 Å². The lowest BCUT2D eigenvalue weighted by atomic mass is 9.90. The minimum atomic E-state index is 0.882. The molecule has 0 aliphatic rings. The number of hydrogen-bond acceptors (Lipinski definition) is 0. The van der Waals surface area contributed by atoms with Gasteiger partial charge in [-0.05, 0) is 23.7 Å². The third-order valence-corrected chi connectivity index (χ3v) is 5.05. The summed E-state index contributed by atoms with van der Waals surface area (Å²) in [5, 5.41) is 0. The van der Waals surface area contributed by atoms with Crippen LogP contribution in [0.5, 0.6) is 0 Å². The first-order valence-corrected chi connectivity index (χ1v) is 9.95. The van der Waals surface area contributed by atoms with Crippen molar-refractivity contribution in [3.8, 4) is 0 Å². The predicted molar refractivity (Wildman–Crippen MR) is 98.8 cm³/mol. The van der Waals surface area contributed by atoms with E-state index in [4.69, 9.17) is 0 Å². The molecule has 3 atom stereocenters. The Morgan fingerprint density at radius 1 is 0.476 bits per heavy atom. The van der Waals surface area contributed by atoms with E-state index >= 15 is 0 Å². The summed E-state index contributed by atoms with van der Waals surface area (Å²) in [5.41, 5.74) is 0. The first-order chi connectivity index (χ1) is 9.95. The molecular formula is C21H44. The lowest BCUT2D eigenvalue weighted by Crippen LogP contribution is -2.01. The molecule has 0 aromatic heterocycles. The molecule has 0 spiro atoms. The van der Waals surface area contributed by atoms with Crippen molar-refractivity contribution in [1.82, 2.24) is 0 Å². The molecule has 21 heavy (non-hydrogen) atoms. The first kappa shape index (κ1) is 21.0. The average molecular weight is 297 g/mol. The Hall–Kier alpha value is 0. The predicted octanol–water partition coefficient (Wildman–Crippen LogP) is 7.86. The van der Waals surface area contributed by atoms with Crippen LogP contribution in [0.3, 0.4) is 0 Å². The number of rotatable bonds is 14. The smallest absolute Gasteiger partial charge is 0.0443 e. The lowest BCUT2D eigenvalue weighted by molar-refractivity contribution is 0.374. The molecule has 0 radical (unpaired) electrons. The fourth-order valence-electron chi connectivity index (χ4n) is 3.43. The van der Waals surface area contributed by atoms with Crippen molar-refractivity contribution in [3.63, 3.8) is 0 Å². The van der Waals surface area contributed by atoms with Crippen molar-refractivity contribution in [1.29, 1.82) is 0 Å². The van der Waals surface area contributed by atoms with Gasteiger partial charge in [0, 0.05) is 0 Å². The van der Waals surface area contributed by atoms with Crippen LogP contribution in [-0.2, 0) is 0 Å². The summed E-state index contributed by atoms with van der Waals surface area (Å²) < 4.78 is 0. The van der Waals surface area contributed by atoms with Gasteiger partial charge in [0.1, 0.15) is 0 Å². The second kappa shape index (κ2) is 13.6. The van der Waals surface area contributed by atoms with Crippen molar-refractivity contribution >= 4 is 0 Å². The van der Waals surface area contributed by atoms with Crippen LogP contribution in [0.15, 0.2) is 0 Å². The van der Waals surface area contributed by atoms with E-state index in [1.165, 1.54) is 70.6 Å². The van der Waals surface area contributed by atoms with Gasteiger partial charge in [0.15, 0.2) is 0 Å². The maximum absolute atomic E-state index is 2.47. The largest absolute Gasteiger partial charge is 0.0654 e. The van der Waals surface area contributed by atoms with Gasteiger partial charge in [-0.1, -0.05) is 112 Å². The summed E-state index contributed by atoms with van der Waals surface area (Å²) in [4.78, 5) is 0. The summed E-state index contributed by atoms with van der Waals surface area (Å²) in [7, 11) is 0. The van der Waals surface area contributed by atoms with Crippen LogP contribution in [-0.4, -0.2) is 0 Å². The third-order valence-electron chi connectivity index (χ3n) is 5.05. The average Bonchev–Trinajstić information content (AvgIpc) is 2.38. The minimum Gasteiger partial charge on any atom is -0.0654 e. The van der Waals surface area contributed by atoms with Crippen molar-refractivity contribution in [2.45, 2.75) is 112 Å². The lowest BCUT2D eigenvalue weighted by Gasteiger charge is -2.16. The Labute approximate surface area is 136 Å². The van der Waals surface area contributed by atoms with Gasteiger partial charge in [0.25, 0.3) is 0 Å². The zero-order valence-electron chi connectivity index (χ0n) is 16.1. The summed E-state index contributed by atoms with van der Waals surface area (Å²) in [5.74, 6) is 3.72. The van der Waals surface area contributed by atoms with E-state index in [2.05, 4.69) is 41.5 Å². The molecule has 0 heterocycles. The molecule has 0 aliphatic heterocycles. The molecule has 3 unspecified atom stereocenters. The van der Waals surface area contributed by atoms with Crippen LogP contribution in [0.25, 0.3) is 0 Å². The molecule has 0 nitrogen and oxygen atoms in total. The van der Waals surface area contributed by atoms with Gasteiger partial charge in [-0.25, -0.2) is 0 Å². The van der Waals surface area contributed by atoms with Crippen LogP contribution in [0, 0.1) is 23.7 Å². The number of hydrogen-bond donors (Lipinski definition) is 0. The highest BCUT2D eigenvalue weighted by Gasteiger charge is 2.07. The van der Waals surface area contributed by atoms with Gasteiger partial charge in [-0.2, -0.15) is 0 Å². The maximum atomic E-state index is 2.47. The summed E-state index contributed by atoms with van der Waals surface area (Å²) >= 11 is 0. The van der Waals surface area contributed by atoms with E-state index in [0.717, 1.165) is 23.7 Å². The fourth-order valence-corrected chi connectivity index (χ4v) is 3.43. The molecule has 0 bridgehead atoms. The van der Waals surface area contributed by atoms with Gasteiger partial charge >= 0.3 is 0 Å². The van der Waals surface area contributed by atoms with Crippen molar-refractivity contribution < 1.29 is 0 Å². The zero-order valence-corrected chi connectivity index (χ0v) is 16.1. The highest BCUT2D eigenvalue weighted by atomic mass is 14.1. The van der Waals surface area contributed by atoms with Crippen LogP contribution < -0.4 is 0 Å². The van der Waals surface area contributed by atoms with E-state index in [1.807, 2.05) is 0 Å². The molecule has 128 valence electrons. The van der Waals surface area contributed by atoms with Crippen LogP contribution in [0.2, 0.25) is 0 Å². The van der Waals surface area contributed by atoms with Gasteiger partial charge in [-0.15, -0.1) is 0 Å². The summed E-state index contributed by atoms with van der Waals surface area (Å²) in [6.07, 6.45) is 15.8. The van der Waals surface area contributed by atoms with Crippen LogP contribution in [0.1, 0.15) is 112 Å². The molecule has 0 aromatic carbocycles. The molecule has 0 saturated carbocycles. The molecule has 0 aliphatic carbocycles. The van der Waals surface area contributed by atoms with Gasteiger partial charge < -0.3 is 0 Å². The highest BCUT2D eigenvalue weighted by molar-refractivity contribution is 4.60. The Balaban J connectivity index is 3.45. The molecule has 0 heteroatoms. The van der Waals surface area contributed by atoms with Crippen LogP contribution in [0.4, 0.5) is 0 Å². The second-order valence-corrected chi connectivity index (χ2v) is 8.29. The van der Waals surface area contributed by atoms with Gasteiger partial charge in [0.05, 0.1) is 0 Å². The summed E-state index contributed by atoms with van der Waals surface area (Å²) in [6, 6.07) is 0. The normalized spacial score (nSPS) is 16.1. The van der Waals surface area contributed by atoms with E-state index in [1.54, 1.807) is 0 Å². The third kappa shape index (κ3) is 14.7. The van der Waals surface area contributed by atoms with E-state index in [9.17, 15) is 0 Å².